The Morgan fingerprint density at radius 3 is 2.14 bits per heavy atom. The van der Waals surface area contributed by atoms with Gasteiger partial charge in [0.2, 0.25) is 5.78 Å². The number of para-hydroxylation sites is 2. The number of pyridine rings is 1. The fourth-order valence-corrected chi connectivity index (χ4v) is 9.22. The summed E-state index contributed by atoms with van der Waals surface area (Å²) in [5.74, 6) is -0.536. The average molecular weight is 581 g/mol. The molecule has 0 spiro atoms. The minimum Gasteiger partial charge on any atom is -0.310 e. The molecule has 0 amide bonds. The van der Waals surface area contributed by atoms with E-state index in [-0.39, 0.29) is 28.2 Å². The number of hydrogen-bond donors (Lipinski definition) is 0. The van der Waals surface area contributed by atoms with Crippen LogP contribution in [0.4, 0.5) is 17.1 Å². The minimum atomic E-state index is -0.292. The van der Waals surface area contributed by atoms with E-state index in [0.29, 0.717) is 5.56 Å². The van der Waals surface area contributed by atoms with Gasteiger partial charge in [-0.15, -0.1) is 22.7 Å². The lowest BCUT2D eigenvalue weighted by atomic mass is 9.82. The zero-order valence-electron chi connectivity index (χ0n) is 22.9. The van der Waals surface area contributed by atoms with Crippen molar-refractivity contribution in [2.24, 2.45) is 0 Å². The molecule has 0 atom stereocenters. The van der Waals surface area contributed by atoms with Gasteiger partial charge in [-0.05, 0) is 77.4 Å². The molecule has 0 N–H and O–H groups in total. The van der Waals surface area contributed by atoms with E-state index in [4.69, 9.17) is 0 Å². The zero-order chi connectivity index (χ0) is 28.6. The van der Waals surface area contributed by atoms with Gasteiger partial charge in [0, 0.05) is 43.1 Å². The molecule has 4 nitrogen and oxygen atoms in total. The molecule has 202 valence electrons. The summed E-state index contributed by atoms with van der Waals surface area (Å²) in [5.41, 5.74) is 7.86. The predicted octanol–water partition coefficient (Wildman–Crippen LogP) is 9.60. The van der Waals surface area contributed by atoms with E-state index in [1.807, 2.05) is 12.1 Å². The SMILES string of the molecule is CC1(C)c2cc(N(c3ccccc3)c3ccccc3)ccc2-c2sc3cc(/C=C4/C(=O)c5cccnc5C4=O)sc3c21. The Labute approximate surface area is 251 Å². The molecule has 3 aromatic heterocycles. The minimum absolute atomic E-state index is 0.198. The highest BCUT2D eigenvalue weighted by atomic mass is 32.1. The maximum atomic E-state index is 13.0. The summed E-state index contributed by atoms with van der Waals surface area (Å²) in [6, 6.07) is 33.2. The number of anilines is 3. The summed E-state index contributed by atoms with van der Waals surface area (Å²) in [6.45, 7) is 4.60. The fourth-order valence-electron chi connectivity index (χ4n) is 6.28. The number of fused-ring (bicyclic) bond motifs is 6. The Bertz CT molecular complexity index is 2030. The predicted molar refractivity (Wildman–Crippen MR) is 173 cm³/mol. The van der Waals surface area contributed by atoms with Crippen LogP contribution >= 0.6 is 22.7 Å². The van der Waals surface area contributed by atoms with E-state index in [1.54, 1.807) is 47.1 Å². The Balaban J connectivity index is 1.21. The molecule has 6 aromatic rings. The van der Waals surface area contributed by atoms with Crippen molar-refractivity contribution in [3.8, 4) is 10.4 Å². The number of carbonyl (C=O) groups is 2. The van der Waals surface area contributed by atoms with Crippen LogP contribution in [0, 0.1) is 0 Å². The van der Waals surface area contributed by atoms with Crippen LogP contribution < -0.4 is 4.90 Å². The van der Waals surface area contributed by atoms with Gasteiger partial charge in [-0.2, -0.15) is 0 Å². The van der Waals surface area contributed by atoms with Crippen LogP contribution in [0.3, 0.4) is 0 Å². The number of thiophene rings is 2. The fraction of sp³-hybridized carbons (Fsp3) is 0.0833. The van der Waals surface area contributed by atoms with E-state index in [0.717, 1.165) is 21.9 Å². The molecule has 2 aliphatic rings. The zero-order valence-corrected chi connectivity index (χ0v) is 24.6. The maximum absolute atomic E-state index is 13.0. The van der Waals surface area contributed by atoms with E-state index in [1.165, 1.54) is 31.0 Å². The van der Waals surface area contributed by atoms with Crippen molar-refractivity contribution in [3.63, 3.8) is 0 Å². The van der Waals surface area contributed by atoms with Crippen molar-refractivity contribution in [1.29, 1.82) is 0 Å². The summed E-state index contributed by atoms with van der Waals surface area (Å²) in [4.78, 5) is 34.6. The van der Waals surface area contributed by atoms with Gasteiger partial charge in [0.15, 0.2) is 5.78 Å². The molecule has 0 unspecified atom stereocenters. The lowest BCUT2D eigenvalue weighted by Crippen LogP contribution is -2.16. The first-order valence-electron chi connectivity index (χ1n) is 13.8. The standard InChI is InChI=1S/C36H24N2O2S2/c1-36(2)28-18-23(38(21-10-5-3-6-11-21)22-12-7-4-8-13-22)15-16-25(28)34-30(36)35-29(42-34)20-24(41-35)19-27-32(39)26-14-9-17-37-31(26)33(27)40/h3-20H,1-2H3/b27-19-. The van der Waals surface area contributed by atoms with Gasteiger partial charge in [0.1, 0.15) is 5.69 Å². The first-order valence-corrected chi connectivity index (χ1v) is 15.4. The number of aromatic nitrogens is 1. The Kier molecular flexibility index (Phi) is 5.48. The summed E-state index contributed by atoms with van der Waals surface area (Å²) >= 11 is 3.45. The van der Waals surface area contributed by atoms with Gasteiger partial charge >= 0.3 is 0 Å². The van der Waals surface area contributed by atoms with E-state index in [2.05, 4.69) is 96.5 Å². The third-order valence-corrected chi connectivity index (χ3v) is 10.7. The number of nitrogens with zero attached hydrogens (tertiary/aromatic N) is 2. The molecular weight excluding hydrogens is 557 g/mol. The average Bonchev–Trinajstić information content (AvgIpc) is 3.69. The number of allylic oxidation sites excluding steroid dienone is 1. The van der Waals surface area contributed by atoms with Crippen molar-refractivity contribution in [2.45, 2.75) is 19.3 Å². The molecule has 8 rings (SSSR count). The van der Waals surface area contributed by atoms with Crippen molar-refractivity contribution < 1.29 is 9.59 Å². The molecule has 0 fully saturated rings. The smallest absolute Gasteiger partial charge is 0.216 e. The second-order valence-electron chi connectivity index (χ2n) is 11.1. The Morgan fingerprint density at radius 1 is 0.738 bits per heavy atom. The molecule has 0 aliphatic heterocycles. The molecule has 0 saturated heterocycles. The number of benzene rings is 3. The lowest BCUT2D eigenvalue weighted by molar-refractivity contribution is 0.0989. The first-order chi connectivity index (χ1) is 20.4. The molecule has 2 aliphatic carbocycles. The summed E-state index contributed by atoms with van der Waals surface area (Å²) < 4.78 is 2.41. The van der Waals surface area contributed by atoms with Crippen LogP contribution in [0.25, 0.3) is 25.9 Å². The number of ketones is 2. The van der Waals surface area contributed by atoms with Crippen LogP contribution in [0.15, 0.2) is 109 Å². The molecular formula is C36H24N2O2S2. The molecule has 3 aromatic carbocycles. The number of hydrogen-bond acceptors (Lipinski definition) is 6. The molecule has 0 radical (unpaired) electrons. The number of carbonyl (C=O) groups excluding carboxylic acids is 2. The normalized spacial score (nSPS) is 15.7. The third kappa shape index (κ3) is 3.62. The van der Waals surface area contributed by atoms with Gasteiger partial charge in [-0.25, -0.2) is 0 Å². The van der Waals surface area contributed by atoms with Gasteiger partial charge in [-0.1, -0.05) is 56.3 Å². The van der Waals surface area contributed by atoms with E-state index in [9.17, 15) is 9.59 Å². The van der Waals surface area contributed by atoms with Crippen molar-refractivity contribution in [3.05, 3.63) is 136 Å². The summed E-state index contributed by atoms with van der Waals surface area (Å²) in [7, 11) is 0. The van der Waals surface area contributed by atoms with Crippen LogP contribution in [0.5, 0.6) is 0 Å². The van der Waals surface area contributed by atoms with Crippen LogP contribution in [0.2, 0.25) is 0 Å². The first kappa shape index (κ1) is 25.1. The van der Waals surface area contributed by atoms with Crippen molar-refractivity contribution in [1.82, 2.24) is 4.98 Å². The highest BCUT2D eigenvalue weighted by Crippen LogP contribution is 2.58. The molecule has 6 heteroatoms. The van der Waals surface area contributed by atoms with E-state index < -0.39 is 0 Å². The molecule has 42 heavy (non-hydrogen) atoms. The van der Waals surface area contributed by atoms with E-state index >= 15 is 0 Å². The quantitative estimate of drug-likeness (QED) is 0.154. The highest BCUT2D eigenvalue weighted by Gasteiger charge is 2.40. The lowest BCUT2D eigenvalue weighted by Gasteiger charge is -2.28. The monoisotopic (exact) mass is 580 g/mol. The summed E-state index contributed by atoms with van der Waals surface area (Å²) in [5, 5.41) is 0. The Morgan fingerprint density at radius 2 is 1.45 bits per heavy atom. The highest BCUT2D eigenvalue weighted by molar-refractivity contribution is 7.30. The van der Waals surface area contributed by atoms with Gasteiger partial charge in [0.25, 0.3) is 0 Å². The second-order valence-corrected chi connectivity index (χ2v) is 13.3. The Hall–Kier alpha value is -4.65. The van der Waals surface area contributed by atoms with Crippen LogP contribution in [-0.2, 0) is 5.41 Å². The number of rotatable bonds is 4. The third-order valence-electron chi connectivity index (χ3n) is 8.26. The largest absolute Gasteiger partial charge is 0.310 e. The van der Waals surface area contributed by atoms with Crippen molar-refractivity contribution >= 4 is 66.8 Å². The van der Waals surface area contributed by atoms with Crippen LogP contribution in [-0.4, -0.2) is 16.6 Å². The van der Waals surface area contributed by atoms with Crippen molar-refractivity contribution in [2.75, 3.05) is 4.90 Å². The van der Waals surface area contributed by atoms with Gasteiger partial charge in [-0.3, -0.25) is 14.6 Å². The van der Waals surface area contributed by atoms with Crippen LogP contribution in [0.1, 0.15) is 50.7 Å². The van der Waals surface area contributed by atoms with Gasteiger partial charge in [0.05, 0.1) is 15.8 Å². The summed E-state index contributed by atoms with van der Waals surface area (Å²) in [6.07, 6.45) is 3.31. The molecule has 3 heterocycles. The number of Topliss-reactive ketones (excluding diaryl/α,β-unsaturated/α-hetero) is 2. The maximum Gasteiger partial charge on any atom is 0.216 e. The topological polar surface area (TPSA) is 50.3 Å². The molecule has 0 saturated carbocycles. The van der Waals surface area contributed by atoms with Gasteiger partial charge < -0.3 is 4.90 Å². The second kappa shape index (κ2) is 9.18. The molecule has 0 bridgehead atoms.